The van der Waals surface area contributed by atoms with Gasteiger partial charge >= 0.3 is 0 Å². The second-order valence-corrected chi connectivity index (χ2v) is 6.44. The third kappa shape index (κ3) is 3.02. The minimum Gasteiger partial charge on any atom is -0.369 e. The van der Waals surface area contributed by atoms with Gasteiger partial charge in [0.05, 0.1) is 5.75 Å². The molecular formula is C16H20N4OS. The van der Waals surface area contributed by atoms with Crippen molar-refractivity contribution in [1.29, 1.82) is 0 Å². The highest BCUT2D eigenvalue weighted by atomic mass is 32.2. The van der Waals surface area contributed by atoms with E-state index in [-0.39, 0.29) is 11.7 Å². The van der Waals surface area contributed by atoms with Crippen molar-refractivity contribution < 1.29 is 4.79 Å². The van der Waals surface area contributed by atoms with E-state index in [2.05, 4.69) is 35.3 Å². The zero-order valence-electron chi connectivity index (χ0n) is 12.7. The Labute approximate surface area is 134 Å². The van der Waals surface area contributed by atoms with Crippen LogP contribution in [-0.2, 0) is 24.2 Å². The Bertz CT molecular complexity index is 695. The molecular weight excluding hydrogens is 296 g/mol. The summed E-state index contributed by atoms with van der Waals surface area (Å²) < 4.78 is 2.04. The molecule has 2 N–H and O–H groups in total. The van der Waals surface area contributed by atoms with Crippen LogP contribution in [0.2, 0.25) is 0 Å². The lowest BCUT2D eigenvalue weighted by atomic mass is 9.90. The van der Waals surface area contributed by atoms with Crippen LogP contribution in [0.3, 0.4) is 0 Å². The van der Waals surface area contributed by atoms with Crippen LogP contribution in [0, 0.1) is 0 Å². The van der Waals surface area contributed by atoms with Crippen LogP contribution in [-0.4, -0.2) is 26.4 Å². The summed E-state index contributed by atoms with van der Waals surface area (Å²) in [5.74, 6) is 0.747. The number of thioether (sulfide) groups is 1. The Morgan fingerprint density at radius 1 is 1.27 bits per heavy atom. The minimum absolute atomic E-state index is 0.225. The molecule has 1 aromatic heterocycles. The summed E-state index contributed by atoms with van der Waals surface area (Å²) in [5, 5.41) is 9.28. The van der Waals surface area contributed by atoms with Crippen molar-refractivity contribution >= 4 is 17.7 Å². The summed E-state index contributed by atoms with van der Waals surface area (Å²) in [6.45, 7) is 2.82. The van der Waals surface area contributed by atoms with Crippen molar-refractivity contribution in [2.45, 2.75) is 44.3 Å². The standard InChI is InChI=1S/C16H20N4OS/c1-2-20-15(18-19-16(20)22-10-14(17)21)13-8-7-11-5-3-4-6-12(11)9-13/h7-9H,2-6,10H2,1H3,(H2,17,21). The lowest BCUT2D eigenvalue weighted by Gasteiger charge is -2.16. The van der Waals surface area contributed by atoms with Gasteiger partial charge in [-0.1, -0.05) is 23.9 Å². The molecule has 0 saturated carbocycles. The molecule has 5 nitrogen and oxygen atoms in total. The molecule has 0 aliphatic heterocycles. The number of nitrogens with two attached hydrogens (primary N) is 1. The molecule has 3 rings (SSSR count). The summed E-state index contributed by atoms with van der Waals surface area (Å²) in [4.78, 5) is 11.0. The highest BCUT2D eigenvalue weighted by Crippen LogP contribution is 2.28. The van der Waals surface area contributed by atoms with Crippen LogP contribution in [0.15, 0.2) is 23.4 Å². The monoisotopic (exact) mass is 316 g/mol. The van der Waals surface area contributed by atoms with Gasteiger partial charge in [-0.25, -0.2) is 0 Å². The fourth-order valence-corrected chi connectivity index (χ4v) is 3.64. The average Bonchev–Trinajstić information content (AvgIpc) is 2.95. The maximum absolute atomic E-state index is 11.0. The summed E-state index contributed by atoms with van der Waals surface area (Å²) >= 11 is 1.34. The van der Waals surface area contributed by atoms with E-state index in [1.54, 1.807) is 0 Å². The quantitative estimate of drug-likeness (QED) is 0.860. The van der Waals surface area contributed by atoms with Crippen LogP contribution in [0.25, 0.3) is 11.4 Å². The Kier molecular flexibility index (Phi) is 4.47. The predicted octanol–water partition coefficient (Wildman–Crippen LogP) is 2.42. The number of rotatable bonds is 5. The van der Waals surface area contributed by atoms with Crippen molar-refractivity contribution in [3.63, 3.8) is 0 Å². The zero-order valence-corrected chi connectivity index (χ0v) is 13.5. The summed E-state index contributed by atoms with van der Waals surface area (Å²) in [5.41, 5.74) is 9.20. The molecule has 2 aromatic rings. The fraction of sp³-hybridized carbons (Fsp3) is 0.438. The van der Waals surface area contributed by atoms with Crippen molar-refractivity contribution in [3.8, 4) is 11.4 Å². The number of aromatic nitrogens is 3. The number of carbonyl (C=O) groups excluding carboxylic acids is 1. The van der Waals surface area contributed by atoms with Gasteiger partial charge in [-0.15, -0.1) is 10.2 Å². The number of amides is 1. The summed E-state index contributed by atoms with van der Waals surface area (Å²) in [7, 11) is 0. The molecule has 1 aromatic carbocycles. The van der Waals surface area contributed by atoms with Gasteiger partial charge in [0.1, 0.15) is 0 Å². The van der Waals surface area contributed by atoms with E-state index in [0.717, 1.165) is 29.5 Å². The van der Waals surface area contributed by atoms with Gasteiger partial charge in [0.2, 0.25) is 5.91 Å². The van der Waals surface area contributed by atoms with E-state index in [4.69, 9.17) is 5.73 Å². The number of hydrogen-bond acceptors (Lipinski definition) is 4. The van der Waals surface area contributed by atoms with Gasteiger partial charge in [0.25, 0.3) is 0 Å². The van der Waals surface area contributed by atoms with Gasteiger partial charge in [0.15, 0.2) is 11.0 Å². The molecule has 0 radical (unpaired) electrons. The molecule has 0 spiro atoms. The number of nitrogens with zero attached hydrogens (tertiary/aromatic N) is 3. The fourth-order valence-electron chi connectivity index (χ4n) is 2.90. The van der Waals surface area contributed by atoms with E-state index >= 15 is 0 Å². The van der Waals surface area contributed by atoms with Gasteiger partial charge < -0.3 is 10.3 Å². The van der Waals surface area contributed by atoms with Crippen LogP contribution in [0.1, 0.15) is 30.9 Å². The SMILES string of the molecule is CCn1c(SCC(N)=O)nnc1-c1ccc2c(c1)CCCC2. The molecule has 0 bridgehead atoms. The normalized spacial score (nSPS) is 13.9. The zero-order chi connectivity index (χ0) is 15.5. The molecule has 1 heterocycles. The van der Waals surface area contributed by atoms with E-state index in [9.17, 15) is 4.79 Å². The highest BCUT2D eigenvalue weighted by molar-refractivity contribution is 7.99. The Hall–Kier alpha value is -1.82. The third-order valence-corrected chi connectivity index (χ3v) is 4.97. The largest absolute Gasteiger partial charge is 0.369 e. The highest BCUT2D eigenvalue weighted by Gasteiger charge is 2.16. The smallest absolute Gasteiger partial charge is 0.227 e. The Balaban J connectivity index is 1.92. The number of hydrogen-bond donors (Lipinski definition) is 1. The maximum Gasteiger partial charge on any atom is 0.227 e. The third-order valence-electron chi connectivity index (χ3n) is 3.98. The molecule has 0 fully saturated rings. The van der Waals surface area contributed by atoms with Crippen LogP contribution < -0.4 is 5.73 Å². The molecule has 6 heteroatoms. The van der Waals surface area contributed by atoms with Gasteiger partial charge in [-0.05, 0) is 49.8 Å². The second-order valence-electron chi connectivity index (χ2n) is 5.50. The van der Waals surface area contributed by atoms with Crippen molar-refractivity contribution in [2.24, 2.45) is 5.73 Å². The van der Waals surface area contributed by atoms with Gasteiger partial charge in [-0.3, -0.25) is 4.79 Å². The lowest BCUT2D eigenvalue weighted by molar-refractivity contribution is -0.115. The number of fused-ring (bicyclic) bond motifs is 1. The van der Waals surface area contributed by atoms with Crippen LogP contribution in [0.4, 0.5) is 0 Å². The Morgan fingerprint density at radius 2 is 2.05 bits per heavy atom. The van der Waals surface area contributed by atoms with Crippen LogP contribution >= 0.6 is 11.8 Å². The molecule has 116 valence electrons. The lowest BCUT2D eigenvalue weighted by Crippen LogP contribution is -2.13. The second kappa shape index (κ2) is 6.52. The first-order valence-electron chi connectivity index (χ1n) is 7.65. The summed E-state index contributed by atoms with van der Waals surface area (Å²) in [6, 6.07) is 6.59. The van der Waals surface area contributed by atoms with E-state index in [1.165, 1.54) is 42.2 Å². The van der Waals surface area contributed by atoms with Crippen molar-refractivity contribution in [2.75, 3.05) is 5.75 Å². The average molecular weight is 316 g/mol. The first-order chi connectivity index (χ1) is 10.7. The molecule has 1 aliphatic rings. The van der Waals surface area contributed by atoms with Gasteiger partial charge in [-0.2, -0.15) is 0 Å². The van der Waals surface area contributed by atoms with Gasteiger partial charge in [0, 0.05) is 12.1 Å². The predicted molar refractivity (Wildman–Crippen MR) is 87.7 cm³/mol. The molecule has 1 amide bonds. The summed E-state index contributed by atoms with van der Waals surface area (Å²) in [6.07, 6.45) is 4.87. The molecule has 0 atom stereocenters. The van der Waals surface area contributed by atoms with Crippen LogP contribution in [0.5, 0.6) is 0 Å². The number of benzene rings is 1. The van der Waals surface area contributed by atoms with E-state index in [1.807, 2.05) is 4.57 Å². The van der Waals surface area contributed by atoms with Crippen molar-refractivity contribution in [1.82, 2.24) is 14.8 Å². The first-order valence-corrected chi connectivity index (χ1v) is 8.64. The van der Waals surface area contributed by atoms with Crippen molar-refractivity contribution in [3.05, 3.63) is 29.3 Å². The Morgan fingerprint density at radius 3 is 2.77 bits per heavy atom. The maximum atomic E-state index is 11.0. The number of primary amides is 1. The molecule has 0 saturated heterocycles. The number of carbonyl (C=O) groups is 1. The molecule has 22 heavy (non-hydrogen) atoms. The molecule has 0 unspecified atom stereocenters. The first kappa shape index (κ1) is 15.1. The van der Waals surface area contributed by atoms with E-state index in [0.29, 0.717) is 0 Å². The minimum atomic E-state index is -0.342. The topological polar surface area (TPSA) is 73.8 Å². The molecule has 1 aliphatic carbocycles. The number of aryl methyl sites for hydroxylation is 2. The van der Waals surface area contributed by atoms with E-state index < -0.39 is 0 Å².